The molecular formula is C18H19FN4O5S. The van der Waals surface area contributed by atoms with E-state index in [4.69, 9.17) is 9.47 Å². The Labute approximate surface area is 165 Å². The van der Waals surface area contributed by atoms with Gasteiger partial charge in [0.1, 0.15) is 4.90 Å². The van der Waals surface area contributed by atoms with E-state index in [1.807, 2.05) is 0 Å². The minimum Gasteiger partial charge on any atom is -0.494 e. The van der Waals surface area contributed by atoms with E-state index in [0.29, 0.717) is 18.8 Å². The predicted octanol–water partition coefficient (Wildman–Crippen LogP) is 0.713. The second-order valence-corrected chi connectivity index (χ2v) is 8.40. The van der Waals surface area contributed by atoms with Gasteiger partial charge >= 0.3 is 5.69 Å². The summed E-state index contributed by atoms with van der Waals surface area (Å²) in [6.45, 7) is 1.08. The highest BCUT2D eigenvalue weighted by Gasteiger charge is 2.29. The summed E-state index contributed by atoms with van der Waals surface area (Å²) >= 11 is 0. The van der Waals surface area contributed by atoms with Crippen molar-refractivity contribution in [2.75, 3.05) is 33.4 Å². The van der Waals surface area contributed by atoms with E-state index in [-0.39, 0.29) is 35.9 Å². The molecule has 11 heteroatoms. The summed E-state index contributed by atoms with van der Waals surface area (Å²) in [7, 11) is -2.48. The van der Waals surface area contributed by atoms with Crippen LogP contribution >= 0.6 is 0 Å². The van der Waals surface area contributed by atoms with Gasteiger partial charge < -0.3 is 9.47 Å². The summed E-state index contributed by atoms with van der Waals surface area (Å²) in [4.78, 5) is 12.7. The molecular weight excluding hydrogens is 403 g/mol. The van der Waals surface area contributed by atoms with E-state index in [1.165, 1.54) is 46.3 Å². The van der Waals surface area contributed by atoms with E-state index in [0.717, 1.165) is 4.68 Å². The molecule has 0 saturated carbocycles. The highest BCUT2D eigenvalue weighted by Crippen LogP contribution is 2.21. The first-order valence-electron chi connectivity index (χ1n) is 8.90. The number of sulfonamides is 1. The van der Waals surface area contributed by atoms with E-state index in [2.05, 4.69) is 5.10 Å². The molecule has 1 aliphatic rings. The fourth-order valence-electron chi connectivity index (χ4n) is 3.23. The maximum atomic E-state index is 14.0. The van der Waals surface area contributed by atoms with Crippen LogP contribution in [0.1, 0.15) is 5.56 Å². The zero-order chi connectivity index (χ0) is 20.6. The highest BCUT2D eigenvalue weighted by molar-refractivity contribution is 7.89. The van der Waals surface area contributed by atoms with Gasteiger partial charge in [0.2, 0.25) is 10.0 Å². The van der Waals surface area contributed by atoms with Crippen molar-refractivity contribution in [1.82, 2.24) is 18.5 Å². The lowest BCUT2D eigenvalue weighted by atomic mass is 10.2. The number of hydrogen-bond acceptors (Lipinski definition) is 6. The van der Waals surface area contributed by atoms with Crippen LogP contribution < -0.4 is 10.4 Å². The Kier molecular flexibility index (Phi) is 5.11. The molecule has 0 spiro atoms. The first kappa shape index (κ1) is 19.6. The lowest BCUT2D eigenvalue weighted by Gasteiger charge is -2.25. The molecule has 0 unspecified atom stereocenters. The molecule has 3 aromatic rings. The largest absolute Gasteiger partial charge is 0.494 e. The average Bonchev–Trinajstić information content (AvgIpc) is 3.04. The van der Waals surface area contributed by atoms with Crippen molar-refractivity contribution in [3.63, 3.8) is 0 Å². The Morgan fingerprint density at radius 1 is 1.24 bits per heavy atom. The molecule has 0 aliphatic carbocycles. The highest BCUT2D eigenvalue weighted by atomic mass is 32.2. The number of pyridine rings is 1. The third-order valence-corrected chi connectivity index (χ3v) is 6.63. The Bertz CT molecular complexity index is 1210. The van der Waals surface area contributed by atoms with Crippen molar-refractivity contribution >= 4 is 15.7 Å². The summed E-state index contributed by atoms with van der Waals surface area (Å²) in [6, 6.07) is 7.23. The smallest absolute Gasteiger partial charge is 0.350 e. The van der Waals surface area contributed by atoms with E-state index in [1.54, 1.807) is 6.07 Å². The number of aromatic nitrogens is 3. The van der Waals surface area contributed by atoms with E-state index in [9.17, 15) is 17.6 Å². The Balaban J connectivity index is 1.75. The molecule has 9 nitrogen and oxygen atoms in total. The third kappa shape index (κ3) is 3.52. The number of methoxy groups -OCH3 is 1. The van der Waals surface area contributed by atoms with Gasteiger partial charge in [-0.1, -0.05) is 6.07 Å². The van der Waals surface area contributed by atoms with Crippen LogP contribution in [0.25, 0.3) is 5.65 Å². The van der Waals surface area contributed by atoms with Crippen LogP contribution in [0.4, 0.5) is 4.39 Å². The number of hydrogen-bond donors (Lipinski definition) is 0. The Hall–Kier alpha value is -2.76. The number of halogens is 1. The molecule has 1 aliphatic heterocycles. The van der Waals surface area contributed by atoms with Gasteiger partial charge in [-0.3, -0.25) is 0 Å². The summed E-state index contributed by atoms with van der Waals surface area (Å²) < 4.78 is 53.7. The van der Waals surface area contributed by atoms with Crippen molar-refractivity contribution in [3.05, 3.63) is 58.4 Å². The van der Waals surface area contributed by atoms with Gasteiger partial charge in [-0.15, -0.1) is 5.10 Å². The minimum atomic E-state index is -3.84. The fraction of sp³-hybridized carbons (Fsp3) is 0.333. The monoisotopic (exact) mass is 422 g/mol. The maximum Gasteiger partial charge on any atom is 0.350 e. The zero-order valence-corrected chi connectivity index (χ0v) is 16.4. The van der Waals surface area contributed by atoms with Gasteiger partial charge in [-0.05, 0) is 29.8 Å². The second-order valence-electron chi connectivity index (χ2n) is 6.49. The van der Waals surface area contributed by atoms with Crippen molar-refractivity contribution < 1.29 is 22.3 Å². The predicted molar refractivity (Wildman–Crippen MR) is 101 cm³/mol. The van der Waals surface area contributed by atoms with Crippen molar-refractivity contribution in [3.8, 4) is 5.75 Å². The number of nitrogens with zero attached hydrogens (tertiary/aromatic N) is 4. The standard InChI is InChI=1S/C18H19FN4O5S/c1-27-15-5-4-13(11-14(15)19)12-23-18(24)22-6-2-3-16(17(22)20-23)29(25,26)21-7-9-28-10-8-21/h2-6,11H,7-10,12H2,1H3. The molecule has 0 atom stereocenters. The van der Waals surface area contributed by atoms with Crippen molar-refractivity contribution in [1.29, 1.82) is 0 Å². The Morgan fingerprint density at radius 3 is 2.69 bits per heavy atom. The number of rotatable bonds is 5. The van der Waals surface area contributed by atoms with Gasteiger partial charge in [0.15, 0.2) is 17.2 Å². The van der Waals surface area contributed by atoms with Gasteiger partial charge in [0.05, 0.1) is 26.9 Å². The molecule has 3 heterocycles. The molecule has 154 valence electrons. The van der Waals surface area contributed by atoms with Crippen LogP contribution in [0.3, 0.4) is 0 Å². The van der Waals surface area contributed by atoms with Crippen LogP contribution in [0.5, 0.6) is 5.75 Å². The maximum absolute atomic E-state index is 14.0. The number of fused-ring (bicyclic) bond motifs is 1. The molecule has 0 amide bonds. The molecule has 1 aromatic carbocycles. The van der Waals surface area contributed by atoms with Crippen molar-refractivity contribution in [2.24, 2.45) is 0 Å². The average molecular weight is 422 g/mol. The molecule has 29 heavy (non-hydrogen) atoms. The van der Waals surface area contributed by atoms with Crippen LogP contribution in [0.2, 0.25) is 0 Å². The molecule has 2 aromatic heterocycles. The van der Waals surface area contributed by atoms with Gasteiger partial charge in [0.25, 0.3) is 0 Å². The number of benzene rings is 1. The molecule has 1 fully saturated rings. The summed E-state index contributed by atoms with van der Waals surface area (Å²) in [6.07, 6.45) is 1.45. The molecule has 1 saturated heterocycles. The quantitative estimate of drug-likeness (QED) is 0.601. The van der Waals surface area contributed by atoms with Crippen LogP contribution in [-0.2, 0) is 21.3 Å². The van der Waals surface area contributed by atoms with E-state index >= 15 is 0 Å². The van der Waals surface area contributed by atoms with E-state index < -0.39 is 21.5 Å². The van der Waals surface area contributed by atoms with Crippen LogP contribution in [0, 0.1) is 5.82 Å². The normalized spacial score (nSPS) is 15.7. The number of morpholine rings is 1. The lowest BCUT2D eigenvalue weighted by Crippen LogP contribution is -2.40. The minimum absolute atomic E-state index is 0.0154. The van der Waals surface area contributed by atoms with Gasteiger partial charge in [-0.2, -0.15) is 4.31 Å². The molecule has 0 N–H and O–H groups in total. The van der Waals surface area contributed by atoms with Crippen LogP contribution in [0.15, 0.2) is 46.2 Å². The van der Waals surface area contributed by atoms with Gasteiger partial charge in [-0.25, -0.2) is 26.7 Å². The Morgan fingerprint density at radius 2 is 2.00 bits per heavy atom. The molecule has 0 radical (unpaired) electrons. The fourth-order valence-corrected chi connectivity index (χ4v) is 4.75. The first-order valence-corrected chi connectivity index (χ1v) is 10.3. The third-order valence-electron chi connectivity index (χ3n) is 4.71. The van der Waals surface area contributed by atoms with Gasteiger partial charge in [0, 0.05) is 19.3 Å². The van der Waals surface area contributed by atoms with Crippen LogP contribution in [-0.4, -0.2) is 60.3 Å². The number of ether oxygens (including phenoxy) is 2. The zero-order valence-electron chi connectivity index (χ0n) is 15.6. The lowest BCUT2D eigenvalue weighted by molar-refractivity contribution is 0.0730. The SMILES string of the molecule is COc1ccc(Cn2nc3c(S(=O)(=O)N4CCOCC4)cccn3c2=O)cc1F. The summed E-state index contributed by atoms with van der Waals surface area (Å²) in [5.41, 5.74) is -0.000350. The summed E-state index contributed by atoms with van der Waals surface area (Å²) in [5, 5.41) is 4.22. The summed E-state index contributed by atoms with van der Waals surface area (Å²) in [5.74, 6) is -0.465. The first-order chi connectivity index (χ1) is 13.9. The second kappa shape index (κ2) is 7.58. The molecule has 4 rings (SSSR count). The van der Waals surface area contributed by atoms with Crippen molar-refractivity contribution in [2.45, 2.75) is 11.4 Å². The molecule has 0 bridgehead atoms. The topological polar surface area (TPSA) is 95.1 Å².